The zero-order valence-corrected chi connectivity index (χ0v) is 15.5. The predicted octanol–water partition coefficient (Wildman–Crippen LogP) is 3.79. The van der Waals surface area contributed by atoms with Crippen LogP contribution in [0.25, 0.3) is 0 Å². The van der Waals surface area contributed by atoms with Crippen molar-refractivity contribution in [2.24, 2.45) is 0 Å². The lowest BCUT2D eigenvalue weighted by atomic mass is 10.0. The van der Waals surface area contributed by atoms with Crippen molar-refractivity contribution >= 4 is 23.1 Å². The van der Waals surface area contributed by atoms with Crippen LogP contribution in [0.2, 0.25) is 0 Å². The Hall–Kier alpha value is -1.92. The molecule has 24 heavy (non-hydrogen) atoms. The maximum Gasteiger partial charge on any atom is 0.340 e. The van der Waals surface area contributed by atoms with E-state index in [0.29, 0.717) is 29.1 Å². The number of thiophene rings is 1. The van der Waals surface area contributed by atoms with E-state index < -0.39 is 5.97 Å². The molecule has 130 valence electrons. The number of hydrogen-bond acceptors (Lipinski definition) is 5. The van der Waals surface area contributed by atoms with Gasteiger partial charge in [0.1, 0.15) is 0 Å². The highest BCUT2D eigenvalue weighted by molar-refractivity contribution is 7.10. The van der Waals surface area contributed by atoms with Gasteiger partial charge in [-0.3, -0.25) is 10.1 Å². The fourth-order valence-electron chi connectivity index (χ4n) is 2.79. The minimum atomic E-state index is -0.393. The van der Waals surface area contributed by atoms with Crippen LogP contribution >= 0.6 is 11.3 Å². The molecule has 2 heterocycles. The first-order valence-electron chi connectivity index (χ1n) is 8.06. The van der Waals surface area contributed by atoms with Gasteiger partial charge in [0.2, 0.25) is 0 Å². The van der Waals surface area contributed by atoms with Gasteiger partial charge in [-0.05, 0) is 51.6 Å². The van der Waals surface area contributed by atoms with Gasteiger partial charge in [0.05, 0.1) is 23.9 Å². The van der Waals surface area contributed by atoms with Crippen molar-refractivity contribution in [1.82, 2.24) is 10.3 Å². The summed E-state index contributed by atoms with van der Waals surface area (Å²) in [6.45, 7) is 9.50. The Morgan fingerprint density at radius 2 is 2.04 bits per heavy atom. The molecule has 0 aliphatic rings. The zero-order valence-electron chi connectivity index (χ0n) is 14.7. The molecule has 2 N–H and O–H groups in total. The van der Waals surface area contributed by atoms with E-state index in [-0.39, 0.29) is 17.9 Å². The van der Waals surface area contributed by atoms with Gasteiger partial charge < -0.3 is 9.72 Å². The van der Waals surface area contributed by atoms with Gasteiger partial charge in [0.15, 0.2) is 5.78 Å². The summed E-state index contributed by atoms with van der Waals surface area (Å²) in [7, 11) is 0. The Bertz CT molecular complexity index is 719. The van der Waals surface area contributed by atoms with Crippen LogP contribution in [-0.4, -0.2) is 29.4 Å². The van der Waals surface area contributed by atoms with Gasteiger partial charge in [-0.25, -0.2) is 4.79 Å². The molecule has 0 bridgehead atoms. The second-order valence-electron chi connectivity index (χ2n) is 5.84. The number of Topliss-reactive ketones (excluding diaryl/α,β-unsaturated/α-hetero) is 1. The number of carbonyl (C=O) groups excluding carboxylic acids is 2. The lowest BCUT2D eigenvalue weighted by Crippen LogP contribution is -2.36. The van der Waals surface area contributed by atoms with Crippen LogP contribution < -0.4 is 5.32 Å². The molecule has 0 amide bonds. The summed E-state index contributed by atoms with van der Waals surface area (Å²) >= 11 is 1.66. The van der Waals surface area contributed by atoms with Gasteiger partial charge in [-0.1, -0.05) is 6.07 Å². The van der Waals surface area contributed by atoms with Gasteiger partial charge in [0, 0.05) is 16.6 Å². The van der Waals surface area contributed by atoms with Crippen LogP contribution in [0.1, 0.15) is 63.8 Å². The smallest absolute Gasteiger partial charge is 0.340 e. The lowest BCUT2D eigenvalue weighted by Gasteiger charge is -2.18. The summed E-state index contributed by atoms with van der Waals surface area (Å²) in [5.74, 6) is -0.454. The number of nitrogens with one attached hydrogen (secondary N) is 2. The fourth-order valence-corrected chi connectivity index (χ4v) is 3.54. The maximum atomic E-state index is 12.8. The fraction of sp³-hybridized carbons (Fsp3) is 0.444. The summed E-state index contributed by atoms with van der Waals surface area (Å²) < 4.78 is 5.07. The van der Waals surface area contributed by atoms with E-state index in [9.17, 15) is 9.59 Å². The first-order valence-corrected chi connectivity index (χ1v) is 8.94. The Kier molecular flexibility index (Phi) is 5.96. The minimum absolute atomic E-state index is 0.0606. The molecule has 2 aromatic rings. The number of hydrogen-bond donors (Lipinski definition) is 2. The minimum Gasteiger partial charge on any atom is -0.462 e. The Morgan fingerprint density at radius 3 is 2.62 bits per heavy atom. The molecule has 0 radical (unpaired) electrons. The molecule has 6 heteroatoms. The largest absolute Gasteiger partial charge is 0.462 e. The highest BCUT2D eigenvalue weighted by Crippen LogP contribution is 2.22. The number of esters is 1. The predicted molar refractivity (Wildman–Crippen MR) is 95.9 cm³/mol. The Balaban J connectivity index is 2.17. The van der Waals surface area contributed by atoms with Gasteiger partial charge >= 0.3 is 5.97 Å². The number of carbonyl (C=O) groups is 2. The number of ketones is 1. The summed E-state index contributed by atoms with van der Waals surface area (Å²) in [5.41, 5.74) is 2.23. The van der Waals surface area contributed by atoms with Crippen LogP contribution in [0.4, 0.5) is 0 Å². The topological polar surface area (TPSA) is 71.2 Å². The third kappa shape index (κ3) is 3.76. The Morgan fingerprint density at radius 1 is 1.33 bits per heavy atom. The third-order valence-corrected chi connectivity index (χ3v) is 5.08. The summed E-state index contributed by atoms with van der Waals surface area (Å²) in [6.07, 6.45) is 0. The first-order chi connectivity index (χ1) is 11.4. The van der Waals surface area contributed by atoms with Crippen molar-refractivity contribution in [3.8, 4) is 0 Å². The number of H-pyrrole nitrogens is 1. The van der Waals surface area contributed by atoms with Crippen LogP contribution in [0, 0.1) is 13.8 Å². The third-order valence-electron chi connectivity index (χ3n) is 4.03. The molecular formula is C18H24N2O3S. The molecule has 0 aromatic carbocycles. The Labute approximate surface area is 146 Å². The number of aryl methyl sites for hydroxylation is 1. The van der Waals surface area contributed by atoms with Crippen molar-refractivity contribution in [1.29, 1.82) is 0 Å². The first kappa shape index (κ1) is 18.4. The number of rotatable bonds is 7. The molecule has 5 nitrogen and oxygen atoms in total. The molecule has 0 spiro atoms. The molecule has 0 fully saturated rings. The summed E-state index contributed by atoms with van der Waals surface area (Å²) in [6, 6.07) is 3.76. The highest BCUT2D eigenvalue weighted by Gasteiger charge is 2.26. The van der Waals surface area contributed by atoms with Gasteiger partial charge in [0.25, 0.3) is 0 Å². The van der Waals surface area contributed by atoms with Gasteiger partial charge in [-0.15, -0.1) is 11.3 Å². The van der Waals surface area contributed by atoms with Crippen molar-refractivity contribution < 1.29 is 14.3 Å². The molecule has 0 unspecified atom stereocenters. The highest BCUT2D eigenvalue weighted by atomic mass is 32.1. The molecule has 0 aliphatic heterocycles. The van der Waals surface area contributed by atoms with E-state index in [0.717, 1.165) is 0 Å². The maximum absolute atomic E-state index is 12.8. The molecule has 0 saturated carbocycles. The van der Waals surface area contributed by atoms with Crippen molar-refractivity contribution in [2.45, 2.75) is 46.7 Å². The second kappa shape index (κ2) is 7.77. The zero-order chi connectivity index (χ0) is 17.9. The summed E-state index contributed by atoms with van der Waals surface area (Å²) in [5, 5.41) is 5.33. The van der Waals surface area contributed by atoms with E-state index in [1.165, 1.54) is 4.88 Å². The van der Waals surface area contributed by atoms with Crippen molar-refractivity contribution in [3.05, 3.63) is 44.9 Å². The standard InChI is InChI=1S/C18H24N2O3S/c1-6-23-18(22)15-10(2)16(20-12(15)4)17(21)13(5)19-11(3)14-8-7-9-24-14/h7-9,11,13,19-20H,6H2,1-5H3/t11-,13-/m1/s1. The quantitative estimate of drug-likeness (QED) is 0.590. The van der Waals surface area contributed by atoms with Crippen molar-refractivity contribution in [3.63, 3.8) is 0 Å². The number of aromatic nitrogens is 1. The summed E-state index contributed by atoms with van der Waals surface area (Å²) in [4.78, 5) is 29.1. The van der Waals surface area contributed by atoms with E-state index in [1.54, 1.807) is 32.1 Å². The molecule has 0 aliphatic carbocycles. The molecule has 0 saturated heterocycles. The van der Waals surface area contributed by atoms with E-state index in [2.05, 4.69) is 10.3 Å². The van der Waals surface area contributed by atoms with Crippen LogP contribution in [0.5, 0.6) is 0 Å². The van der Waals surface area contributed by atoms with Crippen molar-refractivity contribution in [2.75, 3.05) is 6.61 Å². The van der Waals surface area contributed by atoms with Crippen LogP contribution in [0.15, 0.2) is 17.5 Å². The van der Waals surface area contributed by atoms with Crippen LogP contribution in [0.3, 0.4) is 0 Å². The average molecular weight is 348 g/mol. The molecular weight excluding hydrogens is 324 g/mol. The SMILES string of the molecule is CCOC(=O)c1c(C)[nH]c(C(=O)[C@@H](C)N[C@H](C)c2cccs2)c1C. The van der Waals surface area contributed by atoms with Gasteiger partial charge in [-0.2, -0.15) is 0 Å². The van der Waals surface area contributed by atoms with E-state index in [1.807, 2.05) is 31.4 Å². The molecule has 2 rings (SSSR count). The lowest BCUT2D eigenvalue weighted by molar-refractivity contribution is 0.0525. The number of aromatic amines is 1. The van der Waals surface area contributed by atoms with E-state index in [4.69, 9.17) is 4.74 Å². The number of ether oxygens (including phenoxy) is 1. The monoisotopic (exact) mass is 348 g/mol. The van der Waals surface area contributed by atoms with Crippen LogP contribution in [-0.2, 0) is 4.74 Å². The normalized spacial score (nSPS) is 13.5. The average Bonchev–Trinajstić information content (AvgIpc) is 3.15. The van der Waals surface area contributed by atoms with E-state index >= 15 is 0 Å². The second-order valence-corrected chi connectivity index (χ2v) is 6.81. The molecule has 2 aromatic heterocycles. The molecule has 2 atom stereocenters.